The average molecular weight is 889 g/mol. The number of oxime groups is 1. The zero-order chi connectivity index (χ0) is 43.5. The predicted molar refractivity (Wildman–Crippen MR) is 235 cm³/mol. The van der Waals surface area contributed by atoms with E-state index in [1.54, 1.807) is 11.6 Å². The molecule has 4 heterocycles. The van der Waals surface area contributed by atoms with E-state index >= 15 is 0 Å². The fourth-order valence-electron chi connectivity index (χ4n) is 6.83. The first-order valence-corrected chi connectivity index (χ1v) is 21.5. The Bertz CT molecular complexity index is 2510. The second kappa shape index (κ2) is 19.9. The number of anilines is 1. The zero-order valence-corrected chi connectivity index (χ0v) is 35.0. The number of aliphatic carboxylic acids is 1. The number of aromatic nitrogens is 5. The zero-order valence-electron chi connectivity index (χ0n) is 32.6. The lowest BCUT2D eigenvalue weighted by molar-refractivity contribution is -0.150. The van der Waals surface area contributed by atoms with Crippen molar-refractivity contribution in [3.63, 3.8) is 0 Å². The SMILES string of the molecule is CO/N=C(/C(=O)N[C@@H]1C(=O)N2C(C(=O)O)=C(CSc3nnnn3N=Cc3ccccc3)CS[C@H]12)c1csc(NC(c2ccccc2)(c2ccccc2)c2ccccc2)n1.O=CO. The molecular formula is C42H36N10O7S3. The maximum absolute atomic E-state index is 13.9. The van der Waals surface area contributed by atoms with Gasteiger partial charge < -0.3 is 25.7 Å². The highest BCUT2D eigenvalue weighted by Crippen LogP contribution is 2.43. The summed E-state index contributed by atoms with van der Waals surface area (Å²) in [5.74, 6) is -2.05. The number of thiazole rings is 1. The van der Waals surface area contributed by atoms with Crippen molar-refractivity contribution in [1.82, 2.24) is 35.5 Å². The van der Waals surface area contributed by atoms with Gasteiger partial charge in [-0.25, -0.2) is 9.78 Å². The van der Waals surface area contributed by atoms with E-state index in [0.29, 0.717) is 15.9 Å². The standard InChI is InChI=1S/C41H34N10O5S3.CH2O2/c1-56-47-32(31-25-58-39(43-31)45-41(28-16-8-3-9-17-28,29-18-10-4-11-19-29)30-20-12-5-13-21-30)35(52)44-33-36(53)50-34(38(54)55)27(23-57-37(33)50)24-59-40-46-48-49-51(40)42-22-26-14-6-2-7-15-26;2-1-3/h2-22,25,33,37H,23-24H2,1H3,(H,43,45)(H,44,52)(H,54,55);1H,(H,2,3)/b42-22?,47-32+;/t33-,37-;/m1./s1. The minimum Gasteiger partial charge on any atom is -0.483 e. The number of carbonyl (C=O) groups excluding carboxylic acids is 2. The van der Waals surface area contributed by atoms with Crippen LogP contribution in [0, 0.1) is 0 Å². The molecule has 62 heavy (non-hydrogen) atoms. The van der Waals surface area contributed by atoms with E-state index in [1.165, 1.54) is 51.7 Å². The van der Waals surface area contributed by atoms with Crippen LogP contribution in [0.5, 0.6) is 0 Å². The number of carboxylic acids is 1. The van der Waals surface area contributed by atoms with Crippen molar-refractivity contribution in [3.05, 3.63) is 166 Å². The van der Waals surface area contributed by atoms with Gasteiger partial charge in [-0.3, -0.25) is 19.3 Å². The lowest BCUT2D eigenvalue weighted by atomic mass is 9.77. The average Bonchev–Trinajstić information content (AvgIpc) is 3.98. The summed E-state index contributed by atoms with van der Waals surface area (Å²) in [7, 11) is 1.31. The maximum atomic E-state index is 13.9. The molecule has 1 saturated heterocycles. The fraction of sp³-hybridized carbons (Fsp3) is 0.143. The van der Waals surface area contributed by atoms with Crippen LogP contribution in [0.1, 0.15) is 27.9 Å². The van der Waals surface area contributed by atoms with Gasteiger partial charge in [-0.15, -0.1) is 27.9 Å². The van der Waals surface area contributed by atoms with E-state index < -0.39 is 34.7 Å². The van der Waals surface area contributed by atoms with Crippen LogP contribution in [-0.2, 0) is 29.6 Å². The first kappa shape index (κ1) is 42.9. The highest BCUT2D eigenvalue weighted by atomic mass is 32.2. The fourth-order valence-corrected chi connectivity index (χ4v) is 9.89. The van der Waals surface area contributed by atoms with E-state index in [1.807, 2.05) is 84.9 Å². The second-order valence-electron chi connectivity index (χ2n) is 13.2. The number of carbonyl (C=O) groups is 4. The first-order chi connectivity index (χ1) is 30.3. The Balaban J connectivity index is 0.00000187. The predicted octanol–water partition coefficient (Wildman–Crippen LogP) is 5.00. The number of amides is 2. The molecule has 2 amide bonds. The molecule has 4 aromatic carbocycles. The van der Waals surface area contributed by atoms with Crippen LogP contribution in [0.2, 0.25) is 0 Å². The van der Waals surface area contributed by atoms with Crippen molar-refractivity contribution < 1.29 is 34.2 Å². The van der Waals surface area contributed by atoms with E-state index in [-0.39, 0.29) is 35.1 Å². The van der Waals surface area contributed by atoms with Crippen LogP contribution in [0.15, 0.2) is 153 Å². The van der Waals surface area contributed by atoms with Gasteiger partial charge in [-0.1, -0.05) is 143 Å². The number of benzene rings is 4. The number of nitrogens with zero attached hydrogens (tertiary/aromatic N) is 8. The van der Waals surface area contributed by atoms with Crippen molar-refractivity contribution >= 4 is 76.2 Å². The molecule has 2 aliphatic heterocycles. The summed E-state index contributed by atoms with van der Waals surface area (Å²) in [6, 6.07) is 38.5. The van der Waals surface area contributed by atoms with Crippen LogP contribution in [0.3, 0.4) is 0 Å². The van der Waals surface area contributed by atoms with Crippen LogP contribution >= 0.6 is 34.9 Å². The number of fused-ring (bicyclic) bond motifs is 1. The van der Waals surface area contributed by atoms with Gasteiger partial charge in [0.25, 0.3) is 18.3 Å². The Hall–Kier alpha value is -7.16. The third-order valence-corrected chi connectivity index (χ3v) is 12.6. The van der Waals surface area contributed by atoms with Crippen molar-refractivity contribution in [3.8, 4) is 0 Å². The molecule has 6 aromatic rings. The van der Waals surface area contributed by atoms with Crippen molar-refractivity contribution in [2.24, 2.45) is 10.3 Å². The summed E-state index contributed by atoms with van der Waals surface area (Å²) in [5.41, 5.74) is 3.35. The molecule has 4 N–H and O–H groups in total. The van der Waals surface area contributed by atoms with Crippen LogP contribution in [0.25, 0.3) is 0 Å². The van der Waals surface area contributed by atoms with Gasteiger partial charge >= 0.3 is 5.97 Å². The summed E-state index contributed by atoms with van der Waals surface area (Å²) in [6.07, 6.45) is 1.61. The minimum absolute atomic E-state index is 0.136. The largest absolute Gasteiger partial charge is 0.483 e. The topological polar surface area (TPSA) is 226 Å². The number of hydrogen-bond donors (Lipinski definition) is 4. The number of hydrogen-bond acceptors (Lipinski definition) is 15. The van der Waals surface area contributed by atoms with Crippen LogP contribution in [-0.4, -0.2) is 107 Å². The van der Waals surface area contributed by atoms with Gasteiger partial charge in [-0.05, 0) is 38.3 Å². The minimum atomic E-state index is -1.26. The molecule has 314 valence electrons. The molecule has 0 unspecified atom stereocenters. The third-order valence-electron chi connectivity index (χ3n) is 9.51. The Morgan fingerprint density at radius 3 is 2.10 bits per heavy atom. The molecular weight excluding hydrogens is 853 g/mol. The Labute approximate surface area is 366 Å². The smallest absolute Gasteiger partial charge is 0.352 e. The molecule has 1 fully saturated rings. The van der Waals surface area contributed by atoms with E-state index in [9.17, 15) is 19.5 Å². The van der Waals surface area contributed by atoms with Crippen LogP contribution < -0.4 is 10.6 Å². The first-order valence-electron chi connectivity index (χ1n) is 18.6. The van der Waals surface area contributed by atoms with Gasteiger partial charge in [0.05, 0.1) is 6.21 Å². The Morgan fingerprint density at radius 2 is 1.53 bits per heavy atom. The molecule has 8 rings (SSSR count). The Kier molecular flexibility index (Phi) is 13.8. The van der Waals surface area contributed by atoms with Gasteiger partial charge in [-0.2, -0.15) is 5.10 Å². The quantitative estimate of drug-likeness (QED) is 0.0266. The molecule has 0 bridgehead atoms. The van der Waals surface area contributed by atoms with E-state index in [0.717, 1.165) is 22.3 Å². The molecule has 0 spiro atoms. The molecule has 0 aliphatic carbocycles. The molecule has 0 saturated carbocycles. The number of tetrazole rings is 1. The summed E-state index contributed by atoms with van der Waals surface area (Å²) >= 11 is 3.82. The summed E-state index contributed by atoms with van der Waals surface area (Å²) in [6.45, 7) is -0.250. The van der Waals surface area contributed by atoms with Gasteiger partial charge in [0, 0.05) is 16.9 Å². The molecule has 2 aromatic heterocycles. The van der Waals surface area contributed by atoms with Gasteiger partial charge in [0.1, 0.15) is 35.5 Å². The highest BCUT2D eigenvalue weighted by molar-refractivity contribution is 8.01. The number of β-lactam (4-membered cyclic amide) rings is 1. The van der Waals surface area contributed by atoms with Gasteiger partial charge in [0.2, 0.25) is 5.16 Å². The van der Waals surface area contributed by atoms with Crippen molar-refractivity contribution in [1.29, 1.82) is 0 Å². The van der Waals surface area contributed by atoms with Crippen molar-refractivity contribution in [2.45, 2.75) is 22.1 Å². The Morgan fingerprint density at radius 1 is 0.952 bits per heavy atom. The third kappa shape index (κ3) is 9.11. The number of thioether (sulfide) groups is 2. The highest BCUT2D eigenvalue weighted by Gasteiger charge is 2.54. The lowest BCUT2D eigenvalue weighted by Crippen LogP contribution is -2.71. The lowest BCUT2D eigenvalue weighted by Gasteiger charge is -2.49. The van der Waals surface area contributed by atoms with Gasteiger partial charge in [0.15, 0.2) is 10.8 Å². The molecule has 20 heteroatoms. The summed E-state index contributed by atoms with van der Waals surface area (Å²) in [5, 5.41) is 45.5. The molecule has 0 radical (unpaired) electrons. The number of nitrogens with one attached hydrogen (secondary N) is 2. The van der Waals surface area contributed by atoms with E-state index in [2.05, 4.69) is 72.8 Å². The van der Waals surface area contributed by atoms with Crippen molar-refractivity contribution in [2.75, 3.05) is 23.9 Å². The molecule has 2 aliphatic rings. The maximum Gasteiger partial charge on any atom is 0.352 e. The normalized spacial score (nSPS) is 16.1. The number of rotatable bonds is 15. The summed E-state index contributed by atoms with van der Waals surface area (Å²) < 4.78 is 0. The summed E-state index contributed by atoms with van der Waals surface area (Å²) in [4.78, 5) is 60.8. The molecule has 17 nitrogen and oxygen atoms in total. The second-order valence-corrected chi connectivity index (χ2v) is 16.1. The molecule has 2 atom stereocenters. The van der Waals surface area contributed by atoms with Crippen LogP contribution in [0.4, 0.5) is 5.13 Å². The monoisotopic (exact) mass is 888 g/mol. The number of carboxylic acid groups (broad SMARTS) is 2. The van der Waals surface area contributed by atoms with E-state index in [4.69, 9.17) is 19.7 Å².